The highest BCUT2D eigenvalue weighted by molar-refractivity contribution is 5.71. The van der Waals surface area contributed by atoms with Crippen LogP contribution in [0.5, 0.6) is 0 Å². The topological polar surface area (TPSA) is 78.9 Å². The van der Waals surface area contributed by atoms with Crippen LogP contribution in [-0.2, 0) is 28.6 Å². The lowest BCUT2D eigenvalue weighted by molar-refractivity contribution is -0.167. The average Bonchev–Trinajstić information content (AvgIpc) is 3.46. The van der Waals surface area contributed by atoms with Crippen LogP contribution in [0.3, 0.4) is 0 Å². The summed E-state index contributed by atoms with van der Waals surface area (Å²) in [6.07, 6.45) is 91.5. The van der Waals surface area contributed by atoms with Crippen molar-refractivity contribution >= 4 is 17.9 Å². The van der Waals surface area contributed by atoms with Crippen LogP contribution in [0.2, 0.25) is 0 Å². The Bertz CT molecular complexity index is 1560. The second-order valence-corrected chi connectivity index (χ2v) is 22.7. The largest absolute Gasteiger partial charge is 0.462 e. The zero-order valence-electron chi connectivity index (χ0n) is 52.8. The van der Waals surface area contributed by atoms with Gasteiger partial charge in [-0.1, -0.05) is 311 Å². The van der Waals surface area contributed by atoms with E-state index in [9.17, 15) is 14.4 Å². The van der Waals surface area contributed by atoms with E-state index in [4.69, 9.17) is 14.2 Å². The maximum Gasteiger partial charge on any atom is 0.306 e. The van der Waals surface area contributed by atoms with Crippen molar-refractivity contribution in [2.45, 2.75) is 341 Å². The van der Waals surface area contributed by atoms with Crippen molar-refractivity contribution in [3.05, 3.63) is 97.2 Å². The van der Waals surface area contributed by atoms with Crippen molar-refractivity contribution in [3.63, 3.8) is 0 Å². The first kappa shape index (κ1) is 76.3. The molecule has 0 aromatic carbocycles. The van der Waals surface area contributed by atoms with Crippen LogP contribution in [0.25, 0.3) is 0 Å². The number of unbranched alkanes of at least 4 members (excludes halogenated alkanes) is 35. The molecule has 1 atom stereocenters. The molecular formula is C74H128O6. The highest BCUT2D eigenvalue weighted by Crippen LogP contribution is 2.17. The number of ether oxygens (including phenoxy) is 3. The molecule has 1 unspecified atom stereocenters. The number of rotatable bonds is 62. The normalized spacial score (nSPS) is 12.7. The lowest BCUT2D eigenvalue weighted by atomic mass is 10.0. The molecule has 6 heteroatoms. The first-order valence-corrected chi connectivity index (χ1v) is 34.2. The molecule has 0 aliphatic rings. The first-order valence-electron chi connectivity index (χ1n) is 34.2. The number of allylic oxidation sites excluding steroid dienone is 16. The van der Waals surface area contributed by atoms with Gasteiger partial charge in [-0.3, -0.25) is 14.4 Å². The van der Waals surface area contributed by atoms with Gasteiger partial charge in [0, 0.05) is 19.3 Å². The molecule has 0 saturated carbocycles. The van der Waals surface area contributed by atoms with Crippen molar-refractivity contribution in [2.75, 3.05) is 13.2 Å². The minimum absolute atomic E-state index is 0.0808. The van der Waals surface area contributed by atoms with Gasteiger partial charge in [-0.25, -0.2) is 0 Å². The summed E-state index contributed by atoms with van der Waals surface area (Å²) in [5.74, 6) is -0.889. The van der Waals surface area contributed by atoms with Crippen molar-refractivity contribution in [3.8, 4) is 0 Å². The third-order valence-electron chi connectivity index (χ3n) is 14.8. The smallest absolute Gasteiger partial charge is 0.306 e. The summed E-state index contributed by atoms with van der Waals surface area (Å²) >= 11 is 0. The Hall–Kier alpha value is -3.67. The van der Waals surface area contributed by atoms with E-state index in [0.717, 1.165) is 122 Å². The molecule has 0 fully saturated rings. The van der Waals surface area contributed by atoms with Gasteiger partial charge in [0.15, 0.2) is 6.10 Å². The van der Waals surface area contributed by atoms with Gasteiger partial charge < -0.3 is 14.2 Å². The molecule has 0 aliphatic heterocycles. The second kappa shape index (κ2) is 67.8. The minimum Gasteiger partial charge on any atom is -0.462 e. The van der Waals surface area contributed by atoms with E-state index in [1.54, 1.807) is 0 Å². The van der Waals surface area contributed by atoms with E-state index >= 15 is 0 Å². The molecule has 0 radical (unpaired) electrons. The van der Waals surface area contributed by atoms with E-state index in [1.165, 1.54) is 173 Å². The molecule has 0 bridgehead atoms. The fraction of sp³-hybridized carbons (Fsp3) is 0.743. The van der Waals surface area contributed by atoms with Crippen molar-refractivity contribution < 1.29 is 28.6 Å². The molecule has 0 aliphatic carbocycles. The van der Waals surface area contributed by atoms with E-state index in [2.05, 4.69) is 118 Å². The Morgan fingerprint density at radius 3 is 0.775 bits per heavy atom. The van der Waals surface area contributed by atoms with Gasteiger partial charge in [0.25, 0.3) is 0 Å². The summed E-state index contributed by atoms with van der Waals surface area (Å²) in [5, 5.41) is 0. The number of hydrogen-bond donors (Lipinski definition) is 0. The molecule has 0 amide bonds. The Morgan fingerprint density at radius 2 is 0.487 bits per heavy atom. The summed E-state index contributed by atoms with van der Waals surface area (Å²) in [7, 11) is 0. The van der Waals surface area contributed by atoms with Crippen LogP contribution in [0.4, 0.5) is 0 Å². The summed E-state index contributed by atoms with van der Waals surface area (Å²) in [5.41, 5.74) is 0. The van der Waals surface area contributed by atoms with Crippen LogP contribution in [0, 0.1) is 0 Å². The zero-order chi connectivity index (χ0) is 57.8. The fourth-order valence-electron chi connectivity index (χ4n) is 9.71. The van der Waals surface area contributed by atoms with Crippen LogP contribution in [-0.4, -0.2) is 37.2 Å². The lowest BCUT2D eigenvalue weighted by Gasteiger charge is -2.18. The minimum atomic E-state index is -0.785. The highest BCUT2D eigenvalue weighted by Gasteiger charge is 2.19. The fourth-order valence-corrected chi connectivity index (χ4v) is 9.71. The Kier molecular flexibility index (Phi) is 64.7. The molecule has 0 N–H and O–H groups in total. The monoisotopic (exact) mass is 1110 g/mol. The Labute approximate surface area is 496 Å². The standard InChI is InChI=1S/C74H128O6/c1-4-7-10-13-16-19-22-24-26-28-30-32-34-36-37-39-40-42-44-46-48-50-52-55-58-61-64-67-73(76)79-70-71(69-78-72(75)66-63-60-57-54-21-18-15-12-9-6-3)80-74(77)68-65-62-59-56-53-51-49-47-45-43-41-38-35-33-31-29-27-25-23-20-17-14-11-8-5-2/h7,10,16,19,24,26,29-32,36-37,40,42,46,48,71H,4-6,8-9,11-15,17-18,20-23,25,27-28,33-35,38-39,41,43-45,47,49-70H2,1-3H3/b10-7-,19-16-,26-24-,31-29-,32-30-,37-36-,42-40-,48-46-. The van der Waals surface area contributed by atoms with Crippen LogP contribution >= 0.6 is 0 Å². The molecule has 0 aromatic heterocycles. The van der Waals surface area contributed by atoms with E-state index in [0.29, 0.717) is 19.3 Å². The molecule has 0 heterocycles. The predicted octanol–water partition coefficient (Wildman–Crippen LogP) is 23.6. The predicted molar refractivity (Wildman–Crippen MR) is 348 cm³/mol. The van der Waals surface area contributed by atoms with Gasteiger partial charge in [-0.2, -0.15) is 0 Å². The molecule has 0 saturated heterocycles. The van der Waals surface area contributed by atoms with E-state index in [-0.39, 0.29) is 31.1 Å². The molecule has 6 nitrogen and oxygen atoms in total. The molecule has 0 rings (SSSR count). The van der Waals surface area contributed by atoms with Crippen LogP contribution in [0.15, 0.2) is 97.2 Å². The van der Waals surface area contributed by atoms with E-state index < -0.39 is 6.10 Å². The molecule has 0 aromatic rings. The van der Waals surface area contributed by atoms with Gasteiger partial charge in [-0.15, -0.1) is 0 Å². The summed E-state index contributed by atoms with van der Waals surface area (Å²) in [6.45, 7) is 6.53. The Balaban J connectivity index is 4.26. The summed E-state index contributed by atoms with van der Waals surface area (Å²) in [6, 6.07) is 0. The second-order valence-electron chi connectivity index (χ2n) is 22.7. The number of carbonyl (C=O) groups is 3. The van der Waals surface area contributed by atoms with Gasteiger partial charge in [-0.05, 0) is 103 Å². The SMILES string of the molecule is CC/C=C\C/C=C\C/C=C\C/C=C\C/C=C\C/C=C\C/C=C\CCCCCCCC(=O)OCC(COC(=O)CCCCCCCCCCCC)OC(=O)CCCCCCCCCCCCCCC/C=C\CCCCCCCCCC. The number of esters is 3. The number of hydrogen-bond acceptors (Lipinski definition) is 6. The number of carbonyl (C=O) groups excluding carboxylic acids is 3. The Morgan fingerprint density at radius 1 is 0.263 bits per heavy atom. The molecule has 80 heavy (non-hydrogen) atoms. The van der Waals surface area contributed by atoms with Gasteiger partial charge in [0.05, 0.1) is 0 Å². The van der Waals surface area contributed by atoms with Crippen LogP contribution < -0.4 is 0 Å². The quantitative estimate of drug-likeness (QED) is 0.0261. The molecular weight excluding hydrogens is 985 g/mol. The highest BCUT2D eigenvalue weighted by atomic mass is 16.6. The van der Waals surface area contributed by atoms with Crippen molar-refractivity contribution in [2.24, 2.45) is 0 Å². The third-order valence-corrected chi connectivity index (χ3v) is 14.8. The van der Waals surface area contributed by atoms with Gasteiger partial charge in [0.2, 0.25) is 0 Å². The van der Waals surface area contributed by atoms with Crippen molar-refractivity contribution in [1.29, 1.82) is 0 Å². The molecule has 0 spiro atoms. The summed E-state index contributed by atoms with van der Waals surface area (Å²) < 4.78 is 16.9. The first-order chi connectivity index (χ1) is 39.5. The summed E-state index contributed by atoms with van der Waals surface area (Å²) in [4.78, 5) is 38.3. The van der Waals surface area contributed by atoms with Gasteiger partial charge >= 0.3 is 17.9 Å². The maximum atomic E-state index is 12.9. The van der Waals surface area contributed by atoms with Crippen LogP contribution in [0.1, 0.15) is 335 Å². The average molecular weight is 1110 g/mol. The molecule has 460 valence electrons. The maximum absolute atomic E-state index is 12.9. The van der Waals surface area contributed by atoms with Crippen molar-refractivity contribution in [1.82, 2.24) is 0 Å². The lowest BCUT2D eigenvalue weighted by Crippen LogP contribution is -2.30. The zero-order valence-corrected chi connectivity index (χ0v) is 52.8. The third kappa shape index (κ3) is 65.1. The van der Waals surface area contributed by atoms with Gasteiger partial charge in [0.1, 0.15) is 13.2 Å². The van der Waals surface area contributed by atoms with E-state index in [1.807, 2.05) is 0 Å².